The van der Waals surface area contributed by atoms with E-state index in [-0.39, 0.29) is 24.8 Å². The van der Waals surface area contributed by atoms with Gasteiger partial charge in [0, 0.05) is 26.7 Å². The predicted octanol–water partition coefficient (Wildman–Crippen LogP) is -0.0649. The van der Waals surface area contributed by atoms with E-state index in [4.69, 9.17) is 4.74 Å². The Morgan fingerprint density at radius 2 is 1.71 bits per heavy atom. The number of carbonyl (C=O) groups excluding carboxylic acids is 4. The average Bonchev–Trinajstić information content (AvgIpc) is 2.51. The first-order valence-electron chi connectivity index (χ1n) is 7.27. The first-order valence-corrected chi connectivity index (χ1v) is 7.27. The van der Waals surface area contributed by atoms with Crippen molar-refractivity contribution >= 4 is 29.4 Å². The fourth-order valence-electron chi connectivity index (χ4n) is 1.66. The molecule has 0 aliphatic carbocycles. The van der Waals surface area contributed by atoms with Gasteiger partial charge in [0.1, 0.15) is 0 Å². The van der Waals surface area contributed by atoms with Crippen molar-refractivity contribution in [1.29, 1.82) is 0 Å². The number of hydrogen-bond donors (Lipinski definition) is 2. The molecule has 0 bridgehead atoms. The third-order valence-electron chi connectivity index (χ3n) is 2.92. The largest absolute Gasteiger partial charge is 0.455 e. The van der Waals surface area contributed by atoms with Crippen LogP contribution in [-0.2, 0) is 30.3 Å². The Bertz CT molecular complexity index is 611. The van der Waals surface area contributed by atoms with E-state index in [9.17, 15) is 19.2 Å². The minimum atomic E-state index is -0.559. The van der Waals surface area contributed by atoms with Crippen LogP contribution in [0.5, 0.6) is 0 Å². The van der Waals surface area contributed by atoms with Crippen molar-refractivity contribution in [2.75, 3.05) is 32.6 Å². The Balaban J connectivity index is 2.34. The maximum absolute atomic E-state index is 11.7. The summed E-state index contributed by atoms with van der Waals surface area (Å²) in [6.07, 6.45) is 0.00423. The standard InChI is InChI=1S/C16H21N3O5/c1-11(20)18-13-6-4-12(5-7-13)8-16(23)24-10-14(21)17-9-15(22)19(2)3/h4-7H,8-10H2,1-3H3,(H,17,21)(H,18,20). The summed E-state index contributed by atoms with van der Waals surface area (Å²) in [6.45, 7) is 0.819. The molecule has 8 nitrogen and oxygen atoms in total. The van der Waals surface area contributed by atoms with Gasteiger partial charge in [-0.25, -0.2) is 0 Å². The smallest absolute Gasteiger partial charge is 0.310 e. The fraction of sp³-hybridized carbons (Fsp3) is 0.375. The minimum absolute atomic E-state index is 0.00423. The van der Waals surface area contributed by atoms with E-state index < -0.39 is 18.5 Å². The van der Waals surface area contributed by atoms with Gasteiger partial charge < -0.3 is 20.3 Å². The van der Waals surface area contributed by atoms with Crippen LogP contribution in [0.2, 0.25) is 0 Å². The highest BCUT2D eigenvalue weighted by Crippen LogP contribution is 2.10. The second-order valence-electron chi connectivity index (χ2n) is 5.28. The number of rotatable bonds is 7. The van der Waals surface area contributed by atoms with Crippen LogP contribution in [0.3, 0.4) is 0 Å². The molecule has 0 aliphatic heterocycles. The fourth-order valence-corrected chi connectivity index (χ4v) is 1.66. The number of anilines is 1. The maximum atomic E-state index is 11.7. The Morgan fingerprint density at radius 3 is 2.25 bits per heavy atom. The lowest BCUT2D eigenvalue weighted by Crippen LogP contribution is -2.38. The van der Waals surface area contributed by atoms with E-state index in [1.807, 2.05) is 0 Å². The number of nitrogens with one attached hydrogen (secondary N) is 2. The Labute approximate surface area is 140 Å². The third kappa shape index (κ3) is 7.39. The molecular formula is C16H21N3O5. The zero-order chi connectivity index (χ0) is 18.1. The van der Waals surface area contributed by atoms with Gasteiger partial charge in [0.2, 0.25) is 11.8 Å². The molecule has 0 saturated heterocycles. The molecule has 0 atom stereocenters. The number of carbonyl (C=O) groups is 4. The normalized spacial score (nSPS) is 9.79. The number of amides is 3. The van der Waals surface area contributed by atoms with E-state index in [2.05, 4.69) is 10.6 Å². The molecule has 0 unspecified atom stereocenters. The Hall–Kier alpha value is -2.90. The number of hydrogen-bond acceptors (Lipinski definition) is 5. The van der Waals surface area contributed by atoms with Crippen molar-refractivity contribution in [3.8, 4) is 0 Å². The van der Waals surface area contributed by atoms with Gasteiger partial charge in [-0.2, -0.15) is 0 Å². The SMILES string of the molecule is CC(=O)Nc1ccc(CC(=O)OCC(=O)NCC(=O)N(C)C)cc1. The lowest BCUT2D eigenvalue weighted by molar-refractivity contribution is -0.148. The van der Waals surface area contributed by atoms with E-state index in [1.54, 1.807) is 38.4 Å². The van der Waals surface area contributed by atoms with Crippen molar-refractivity contribution in [2.24, 2.45) is 0 Å². The molecule has 24 heavy (non-hydrogen) atoms. The van der Waals surface area contributed by atoms with Crippen LogP contribution in [0.1, 0.15) is 12.5 Å². The van der Waals surface area contributed by atoms with Crippen LogP contribution in [0.15, 0.2) is 24.3 Å². The molecule has 1 rings (SSSR count). The van der Waals surface area contributed by atoms with Crippen molar-refractivity contribution in [3.05, 3.63) is 29.8 Å². The van der Waals surface area contributed by atoms with Gasteiger partial charge >= 0.3 is 5.97 Å². The Kier molecular flexibility index (Phi) is 7.41. The van der Waals surface area contributed by atoms with E-state index >= 15 is 0 Å². The topological polar surface area (TPSA) is 105 Å². The molecule has 0 fully saturated rings. The molecule has 8 heteroatoms. The molecule has 1 aromatic rings. The van der Waals surface area contributed by atoms with Crippen LogP contribution in [0.4, 0.5) is 5.69 Å². The highest BCUT2D eigenvalue weighted by Gasteiger charge is 2.10. The van der Waals surface area contributed by atoms with Crippen LogP contribution in [-0.4, -0.2) is 55.8 Å². The van der Waals surface area contributed by atoms with Crippen molar-refractivity contribution < 1.29 is 23.9 Å². The number of likely N-dealkylation sites (N-methyl/N-ethyl adjacent to an activating group) is 1. The van der Waals surface area contributed by atoms with Crippen LogP contribution in [0.25, 0.3) is 0 Å². The monoisotopic (exact) mass is 335 g/mol. The van der Waals surface area contributed by atoms with Gasteiger partial charge in [0.15, 0.2) is 6.61 Å². The number of nitrogens with zero attached hydrogens (tertiary/aromatic N) is 1. The van der Waals surface area contributed by atoms with Crippen molar-refractivity contribution in [3.63, 3.8) is 0 Å². The molecule has 0 aliphatic rings. The quantitative estimate of drug-likeness (QED) is 0.679. The molecule has 0 aromatic heterocycles. The maximum Gasteiger partial charge on any atom is 0.310 e. The van der Waals surface area contributed by atoms with Gasteiger partial charge in [-0.15, -0.1) is 0 Å². The minimum Gasteiger partial charge on any atom is -0.455 e. The number of esters is 1. The number of benzene rings is 1. The van der Waals surface area contributed by atoms with Crippen LogP contribution >= 0.6 is 0 Å². The lowest BCUT2D eigenvalue weighted by Gasteiger charge is -2.11. The molecular weight excluding hydrogens is 314 g/mol. The highest BCUT2D eigenvalue weighted by molar-refractivity contribution is 5.88. The lowest BCUT2D eigenvalue weighted by atomic mass is 10.1. The van der Waals surface area contributed by atoms with E-state index in [0.29, 0.717) is 11.3 Å². The summed E-state index contributed by atoms with van der Waals surface area (Å²) >= 11 is 0. The first kappa shape index (κ1) is 19.1. The molecule has 0 spiro atoms. The first-order chi connectivity index (χ1) is 11.3. The van der Waals surface area contributed by atoms with Crippen molar-refractivity contribution in [1.82, 2.24) is 10.2 Å². The zero-order valence-electron chi connectivity index (χ0n) is 13.9. The van der Waals surface area contributed by atoms with Gasteiger partial charge in [-0.1, -0.05) is 12.1 Å². The van der Waals surface area contributed by atoms with Gasteiger partial charge in [-0.3, -0.25) is 19.2 Å². The summed E-state index contributed by atoms with van der Waals surface area (Å²) in [5.74, 6) is -1.54. The highest BCUT2D eigenvalue weighted by atomic mass is 16.5. The second-order valence-corrected chi connectivity index (χ2v) is 5.28. The summed E-state index contributed by atoms with van der Waals surface area (Å²) in [5.41, 5.74) is 1.32. The van der Waals surface area contributed by atoms with Gasteiger partial charge in [0.25, 0.3) is 5.91 Å². The summed E-state index contributed by atoms with van der Waals surface area (Å²) in [5, 5.41) is 4.98. The van der Waals surface area contributed by atoms with Crippen molar-refractivity contribution in [2.45, 2.75) is 13.3 Å². The second kappa shape index (κ2) is 9.29. The number of ether oxygens (including phenoxy) is 1. The van der Waals surface area contributed by atoms with E-state index in [0.717, 1.165) is 0 Å². The molecule has 0 heterocycles. The summed E-state index contributed by atoms with van der Waals surface area (Å²) in [6, 6.07) is 6.71. The summed E-state index contributed by atoms with van der Waals surface area (Å²) < 4.78 is 4.85. The third-order valence-corrected chi connectivity index (χ3v) is 2.92. The zero-order valence-corrected chi connectivity index (χ0v) is 13.9. The molecule has 3 amide bonds. The average molecular weight is 335 g/mol. The Morgan fingerprint density at radius 1 is 1.08 bits per heavy atom. The molecule has 130 valence electrons. The summed E-state index contributed by atoms with van der Waals surface area (Å²) in [7, 11) is 3.15. The van der Waals surface area contributed by atoms with Crippen LogP contribution in [0, 0.1) is 0 Å². The van der Waals surface area contributed by atoms with Gasteiger partial charge in [0.05, 0.1) is 13.0 Å². The molecule has 2 N–H and O–H groups in total. The molecule has 0 saturated carbocycles. The summed E-state index contributed by atoms with van der Waals surface area (Å²) in [4.78, 5) is 46.7. The van der Waals surface area contributed by atoms with E-state index in [1.165, 1.54) is 11.8 Å². The predicted molar refractivity (Wildman–Crippen MR) is 87.1 cm³/mol. The van der Waals surface area contributed by atoms with Gasteiger partial charge in [-0.05, 0) is 17.7 Å². The molecule has 0 radical (unpaired) electrons. The van der Waals surface area contributed by atoms with Crippen LogP contribution < -0.4 is 10.6 Å². The molecule has 1 aromatic carbocycles.